The summed E-state index contributed by atoms with van der Waals surface area (Å²) in [4.78, 5) is 15.8. The van der Waals surface area contributed by atoms with Crippen molar-refractivity contribution in [2.45, 2.75) is 6.54 Å². The topological polar surface area (TPSA) is 59.2 Å². The Labute approximate surface area is 64.0 Å². The Balaban J connectivity index is 2.65. The maximum Gasteiger partial charge on any atom is 0.290 e. The van der Waals surface area contributed by atoms with E-state index in [0.29, 0.717) is 18.7 Å². The molecule has 1 aromatic heterocycles. The summed E-state index contributed by atoms with van der Waals surface area (Å²) in [6.45, 7) is 0.581. The summed E-state index contributed by atoms with van der Waals surface area (Å²) in [6.07, 6.45) is 0.534. The van der Waals surface area contributed by atoms with Crippen molar-refractivity contribution < 1.29 is 9.32 Å². The molecule has 0 aliphatic heterocycles. The van der Waals surface area contributed by atoms with E-state index in [9.17, 15) is 4.79 Å². The first-order chi connectivity index (χ1) is 5.22. The summed E-state index contributed by atoms with van der Waals surface area (Å²) in [7, 11) is 3.77. The van der Waals surface area contributed by atoms with Crippen LogP contribution in [0.2, 0.25) is 0 Å². The third-order valence-electron chi connectivity index (χ3n) is 1.04. The van der Waals surface area contributed by atoms with Crippen molar-refractivity contribution in [2.24, 2.45) is 0 Å². The van der Waals surface area contributed by atoms with Crippen LogP contribution in [-0.4, -0.2) is 35.4 Å². The van der Waals surface area contributed by atoms with Crippen molar-refractivity contribution >= 4 is 6.29 Å². The fourth-order valence-electron chi connectivity index (χ4n) is 0.662. The quantitative estimate of drug-likeness (QED) is 0.572. The average molecular weight is 155 g/mol. The normalized spacial score (nSPS) is 10.5. The van der Waals surface area contributed by atoms with E-state index in [1.807, 2.05) is 19.0 Å². The number of nitrogens with zero attached hydrogens (tertiary/aromatic N) is 3. The Morgan fingerprint density at radius 3 is 2.82 bits per heavy atom. The highest BCUT2D eigenvalue weighted by Gasteiger charge is 2.04. The molecule has 0 saturated carbocycles. The number of hydrogen-bond donors (Lipinski definition) is 0. The lowest BCUT2D eigenvalue weighted by Crippen LogP contribution is -2.11. The lowest BCUT2D eigenvalue weighted by molar-refractivity contribution is 0.108. The lowest BCUT2D eigenvalue weighted by Gasteiger charge is -2.02. The van der Waals surface area contributed by atoms with Crippen LogP contribution in [0.3, 0.4) is 0 Å². The zero-order chi connectivity index (χ0) is 8.27. The minimum atomic E-state index is 0.0295. The summed E-state index contributed by atoms with van der Waals surface area (Å²) < 4.78 is 4.56. The first kappa shape index (κ1) is 7.87. The molecule has 0 saturated heterocycles. The number of carbonyl (C=O) groups is 1. The second kappa shape index (κ2) is 3.25. The molecule has 0 aliphatic rings. The van der Waals surface area contributed by atoms with Gasteiger partial charge in [0, 0.05) is 0 Å². The first-order valence-electron chi connectivity index (χ1n) is 3.15. The predicted octanol–water partition coefficient (Wildman–Crippen LogP) is -0.0563. The summed E-state index contributed by atoms with van der Waals surface area (Å²) >= 11 is 0. The molecule has 1 aromatic rings. The van der Waals surface area contributed by atoms with Crippen molar-refractivity contribution in [2.75, 3.05) is 14.1 Å². The van der Waals surface area contributed by atoms with Crippen molar-refractivity contribution in [1.29, 1.82) is 0 Å². The van der Waals surface area contributed by atoms with Crippen LogP contribution in [0, 0.1) is 0 Å². The van der Waals surface area contributed by atoms with E-state index < -0.39 is 0 Å². The third kappa shape index (κ3) is 2.12. The van der Waals surface area contributed by atoms with Crippen LogP contribution < -0.4 is 0 Å². The molecular weight excluding hydrogens is 146 g/mol. The molecule has 0 spiro atoms. The highest BCUT2D eigenvalue weighted by molar-refractivity contribution is 5.66. The monoisotopic (exact) mass is 155 g/mol. The zero-order valence-electron chi connectivity index (χ0n) is 6.44. The molecule has 0 radical (unpaired) electrons. The van der Waals surface area contributed by atoms with E-state index in [1.54, 1.807) is 0 Å². The molecule has 0 amide bonds. The number of aldehydes is 1. The van der Waals surface area contributed by atoms with Crippen LogP contribution in [0.15, 0.2) is 4.52 Å². The molecule has 0 bridgehead atoms. The van der Waals surface area contributed by atoms with Crippen molar-refractivity contribution in [3.8, 4) is 0 Å². The van der Waals surface area contributed by atoms with Crippen LogP contribution in [-0.2, 0) is 6.54 Å². The van der Waals surface area contributed by atoms with Gasteiger partial charge >= 0.3 is 0 Å². The third-order valence-corrected chi connectivity index (χ3v) is 1.04. The van der Waals surface area contributed by atoms with Gasteiger partial charge in [0.1, 0.15) is 0 Å². The van der Waals surface area contributed by atoms with Gasteiger partial charge in [-0.3, -0.25) is 4.79 Å². The van der Waals surface area contributed by atoms with Crippen LogP contribution in [0.25, 0.3) is 0 Å². The maximum atomic E-state index is 10.1. The highest BCUT2D eigenvalue weighted by Crippen LogP contribution is 1.95. The second-order valence-electron chi connectivity index (χ2n) is 2.40. The number of aromatic nitrogens is 2. The maximum absolute atomic E-state index is 10.1. The largest absolute Gasteiger partial charge is 0.331 e. The Morgan fingerprint density at radius 2 is 2.36 bits per heavy atom. The standard InChI is InChI=1S/C6H9N3O2/c1-9(2)3-5-7-6(4-10)11-8-5/h4H,3H2,1-2H3. The van der Waals surface area contributed by atoms with Gasteiger partial charge in [-0.2, -0.15) is 4.98 Å². The van der Waals surface area contributed by atoms with Gasteiger partial charge < -0.3 is 9.42 Å². The molecule has 5 nitrogen and oxygen atoms in total. The molecule has 60 valence electrons. The molecule has 0 aromatic carbocycles. The molecule has 0 unspecified atom stereocenters. The minimum Gasteiger partial charge on any atom is -0.331 e. The highest BCUT2D eigenvalue weighted by atomic mass is 16.5. The van der Waals surface area contributed by atoms with Gasteiger partial charge in [-0.15, -0.1) is 0 Å². The fraction of sp³-hybridized carbons (Fsp3) is 0.500. The van der Waals surface area contributed by atoms with Gasteiger partial charge in [0.15, 0.2) is 5.82 Å². The average Bonchev–Trinajstić information content (AvgIpc) is 2.34. The summed E-state index contributed by atoms with van der Waals surface area (Å²) in [6, 6.07) is 0. The van der Waals surface area contributed by atoms with E-state index in [4.69, 9.17) is 0 Å². The Hall–Kier alpha value is -1.23. The van der Waals surface area contributed by atoms with E-state index >= 15 is 0 Å². The number of hydrogen-bond acceptors (Lipinski definition) is 5. The van der Waals surface area contributed by atoms with Crippen LogP contribution in [0.1, 0.15) is 16.5 Å². The van der Waals surface area contributed by atoms with E-state index in [2.05, 4.69) is 14.7 Å². The van der Waals surface area contributed by atoms with Gasteiger partial charge in [-0.05, 0) is 14.1 Å². The summed E-state index contributed by atoms with van der Waals surface area (Å²) in [5.74, 6) is 0.555. The first-order valence-corrected chi connectivity index (χ1v) is 3.15. The van der Waals surface area contributed by atoms with Gasteiger partial charge in [0.05, 0.1) is 6.54 Å². The molecule has 1 heterocycles. The zero-order valence-corrected chi connectivity index (χ0v) is 6.44. The van der Waals surface area contributed by atoms with E-state index in [1.165, 1.54) is 0 Å². The molecule has 5 heteroatoms. The van der Waals surface area contributed by atoms with Crippen molar-refractivity contribution in [1.82, 2.24) is 15.0 Å². The minimum absolute atomic E-state index is 0.0295. The van der Waals surface area contributed by atoms with Gasteiger partial charge in [0.25, 0.3) is 5.89 Å². The van der Waals surface area contributed by atoms with Gasteiger partial charge in [0.2, 0.25) is 6.29 Å². The Morgan fingerprint density at radius 1 is 1.64 bits per heavy atom. The SMILES string of the molecule is CN(C)Cc1noc(C=O)n1. The molecule has 1 rings (SSSR count). The summed E-state index contributed by atoms with van der Waals surface area (Å²) in [5.41, 5.74) is 0. The van der Waals surface area contributed by atoms with Crippen LogP contribution in [0.4, 0.5) is 0 Å². The predicted molar refractivity (Wildman–Crippen MR) is 37.1 cm³/mol. The van der Waals surface area contributed by atoms with Crippen molar-refractivity contribution in [3.05, 3.63) is 11.7 Å². The van der Waals surface area contributed by atoms with E-state index in [-0.39, 0.29) is 5.89 Å². The fourth-order valence-corrected chi connectivity index (χ4v) is 0.662. The molecular formula is C6H9N3O2. The van der Waals surface area contributed by atoms with Crippen LogP contribution >= 0.6 is 0 Å². The van der Waals surface area contributed by atoms with Crippen molar-refractivity contribution in [3.63, 3.8) is 0 Å². The van der Waals surface area contributed by atoms with E-state index in [0.717, 1.165) is 0 Å². The van der Waals surface area contributed by atoms with Gasteiger partial charge in [-0.25, -0.2) is 0 Å². The van der Waals surface area contributed by atoms with Crippen LogP contribution in [0.5, 0.6) is 0 Å². The summed E-state index contributed by atoms with van der Waals surface area (Å²) in [5, 5.41) is 3.57. The molecule has 0 N–H and O–H groups in total. The molecule has 0 aliphatic carbocycles. The Bertz CT molecular complexity index is 244. The van der Waals surface area contributed by atoms with Gasteiger partial charge in [-0.1, -0.05) is 5.16 Å². The number of carbonyl (C=O) groups excluding carboxylic acids is 1. The Kier molecular flexibility index (Phi) is 2.32. The number of rotatable bonds is 3. The lowest BCUT2D eigenvalue weighted by atomic mass is 10.5. The smallest absolute Gasteiger partial charge is 0.290 e. The molecule has 0 atom stereocenters. The molecule has 0 fully saturated rings. The second-order valence-corrected chi connectivity index (χ2v) is 2.40. The molecule has 11 heavy (non-hydrogen) atoms.